The molecule has 0 bridgehead atoms. The van der Waals surface area contributed by atoms with Gasteiger partial charge in [0.25, 0.3) is 5.91 Å². The minimum Gasteiger partial charge on any atom is -0.482 e. The Kier molecular flexibility index (Phi) is 3.79. The van der Waals surface area contributed by atoms with Crippen molar-refractivity contribution in [3.05, 3.63) is 71.4 Å². The average Bonchev–Trinajstić information content (AvgIpc) is 3.12. The number of carbonyl (C=O) groups excluding carboxylic acids is 1. The van der Waals surface area contributed by atoms with Crippen LogP contribution in [0.15, 0.2) is 54.7 Å². The lowest BCUT2D eigenvalue weighted by atomic mass is 9.81. The normalized spacial score (nSPS) is 17.0. The van der Waals surface area contributed by atoms with Crippen LogP contribution in [0.1, 0.15) is 34.3 Å². The van der Waals surface area contributed by atoms with Crippen molar-refractivity contribution in [2.75, 3.05) is 13.1 Å². The van der Waals surface area contributed by atoms with Gasteiger partial charge < -0.3 is 9.64 Å². The second-order valence-electron chi connectivity index (χ2n) is 7.73. The van der Waals surface area contributed by atoms with Crippen molar-refractivity contribution in [1.29, 1.82) is 0 Å². The second-order valence-corrected chi connectivity index (χ2v) is 7.73. The molecule has 0 atom stereocenters. The molecule has 1 amide bonds. The topological polar surface area (TPSA) is 47.4 Å². The minimum absolute atomic E-state index is 0.107. The van der Waals surface area contributed by atoms with E-state index in [9.17, 15) is 4.79 Å². The molecule has 5 nitrogen and oxygen atoms in total. The molecule has 5 heteroatoms. The zero-order valence-electron chi connectivity index (χ0n) is 16.2. The molecule has 0 unspecified atom stereocenters. The summed E-state index contributed by atoms with van der Waals surface area (Å²) in [5, 5.41) is 4.52. The van der Waals surface area contributed by atoms with Crippen LogP contribution >= 0.6 is 0 Å². The van der Waals surface area contributed by atoms with Crippen molar-refractivity contribution >= 4 is 5.91 Å². The third-order valence-corrected chi connectivity index (χ3v) is 6.11. The molecule has 0 radical (unpaired) electrons. The predicted molar refractivity (Wildman–Crippen MR) is 107 cm³/mol. The van der Waals surface area contributed by atoms with Crippen molar-refractivity contribution in [3.63, 3.8) is 0 Å². The summed E-state index contributed by atoms with van der Waals surface area (Å²) in [5.74, 6) is 1.01. The van der Waals surface area contributed by atoms with Gasteiger partial charge in [0.2, 0.25) is 0 Å². The maximum atomic E-state index is 13.0. The summed E-state index contributed by atoms with van der Waals surface area (Å²) in [6, 6.07) is 15.9. The van der Waals surface area contributed by atoms with Crippen molar-refractivity contribution in [1.82, 2.24) is 14.7 Å². The molecule has 2 aliphatic rings. The van der Waals surface area contributed by atoms with Crippen LogP contribution in [0.4, 0.5) is 0 Å². The molecular formula is C23H23N3O2. The second kappa shape index (κ2) is 6.23. The fraction of sp³-hybridized carbons (Fsp3) is 0.304. The Hall–Kier alpha value is -3.08. The Morgan fingerprint density at radius 3 is 2.57 bits per heavy atom. The smallest absolute Gasteiger partial charge is 0.254 e. The maximum Gasteiger partial charge on any atom is 0.254 e. The van der Waals surface area contributed by atoms with Crippen molar-refractivity contribution in [3.8, 4) is 17.0 Å². The molecule has 0 aliphatic carbocycles. The Morgan fingerprint density at radius 1 is 1.07 bits per heavy atom. The van der Waals surface area contributed by atoms with E-state index < -0.39 is 5.60 Å². The monoisotopic (exact) mass is 373 g/mol. The highest BCUT2D eigenvalue weighted by molar-refractivity contribution is 5.95. The van der Waals surface area contributed by atoms with E-state index in [1.165, 1.54) is 0 Å². The quantitative estimate of drug-likeness (QED) is 0.650. The largest absolute Gasteiger partial charge is 0.482 e. The number of nitrogens with zero attached hydrogens (tertiary/aromatic N) is 3. The molecule has 1 saturated heterocycles. The summed E-state index contributed by atoms with van der Waals surface area (Å²) >= 11 is 0. The minimum atomic E-state index is -0.416. The first-order chi connectivity index (χ1) is 13.6. The zero-order chi connectivity index (χ0) is 19.3. The molecule has 3 heterocycles. The summed E-state index contributed by atoms with van der Waals surface area (Å²) in [7, 11) is 1.98. The van der Waals surface area contributed by atoms with Gasteiger partial charge in [-0.2, -0.15) is 5.10 Å². The number of aryl methyl sites for hydroxylation is 2. The Bertz CT molecular complexity index is 1060. The molecule has 1 spiro atoms. The van der Waals surface area contributed by atoms with Crippen LogP contribution in [-0.4, -0.2) is 33.7 Å². The van der Waals surface area contributed by atoms with Crippen LogP contribution in [0, 0.1) is 6.92 Å². The summed E-state index contributed by atoms with van der Waals surface area (Å²) < 4.78 is 8.50. The third kappa shape index (κ3) is 2.46. The van der Waals surface area contributed by atoms with E-state index in [4.69, 9.17) is 4.74 Å². The number of hydrogen-bond donors (Lipinski definition) is 0. The zero-order valence-corrected chi connectivity index (χ0v) is 16.2. The van der Waals surface area contributed by atoms with E-state index in [0.717, 1.165) is 46.5 Å². The summed E-state index contributed by atoms with van der Waals surface area (Å²) in [4.78, 5) is 15.0. The number of carbonyl (C=O) groups is 1. The predicted octanol–water partition coefficient (Wildman–Crippen LogP) is 3.92. The van der Waals surface area contributed by atoms with E-state index in [0.29, 0.717) is 13.1 Å². The number of piperidine rings is 1. The molecule has 0 saturated carbocycles. The van der Waals surface area contributed by atoms with Gasteiger partial charge >= 0.3 is 0 Å². The van der Waals surface area contributed by atoms with Gasteiger partial charge in [-0.3, -0.25) is 9.48 Å². The number of amides is 1. The van der Waals surface area contributed by atoms with Crippen LogP contribution in [0.2, 0.25) is 0 Å². The van der Waals surface area contributed by atoms with Crippen LogP contribution in [-0.2, 0) is 12.6 Å². The van der Waals surface area contributed by atoms with Gasteiger partial charge in [0.1, 0.15) is 11.4 Å². The SMILES string of the molecule is Cc1ccccc1C(=O)N1CCC2(CC1)Oc1ccccc1-c1c2cnn1C. The van der Waals surface area contributed by atoms with Gasteiger partial charge in [0, 0.05) is 49.7 Å². The van der Waals surface area contributed by atoms with E-state index in [1.807, 2.05) is 72.2 Å². The van der Waals surface area contributed by atoms with Crippen LogP contribution in [0.5, 0.6) is 5.75 Å². The standard InChI is InChI=1S/C23H23N3O2/c1-16-7-3-4-8-17(16)22(27)26-13-11-23(12-14-26)19-15-24-25(2)21(19)18-9-5-6-10-20(18)28-23/h3-10,15H,11-14H2,1-2H3. The number of likely N-dealkylation sites (tertiary alicyclic amines) is 1. The van der Waals surface area contributed by atoms with Gasteiger partial charge in [-0.25, -0.2) is 0 Å². The third-order valence-electron chi connectivity index (χ3n) is 6.11. The number of benzene rings is 2. The van der Waals surface area contributed by atoms with Gasteiger partial charge in [-0.15, -0.1) is 0 Å². The maximum absolute atomic E-state index is 13.0. The fourth-order valence-corrected chi connectivity index (χ4v) is 4.53. The van der Waals surface area contributed by atoms with E-state index in [-0.39, 0.29) is 5.91 Å². The summed E-state index contributed by atoms with van der Waals surface area (Å²) in [5.41, 5.74) is 4.74. The summed E-state index contributed by atoms with van der Waals surface area (Å²) in [6.45, 7) is 3.33. The van der Waals surface area contributed by atoms with Crippen LogP contribution in [0.25, 0.3) is 11.3 Å². The first kappa shape index (κ1) is 17.0. The molecule has 28 heavy (non-hydrogen) atoms. The van der Waals surface area contributed by atoms with Crippen molar-refractivity contribution < 1.29 is 9.53 Å². The highest BCUT2D eigenvalue weighted by Crippen LogP contribution is 2.49. The lowest BCUT2D eigenvalue weighted by Crippen LogP contribution is -2.49. The molecule has 0 N–H and O–H groups in total. The first-order valence-electron chi connectivity index (χ1n) is 9.75. The molecule has 1 aromatic heterocycles. The number of aromatic nitrogens is 2. The Morgan fingerprint density at radius 2 is 1.79 bits per heavy atom. The Labute approximate surface area is 164 Å². The molecule has 3 aromatic rings. The molecule has 2 aromatic carbocycles. The van der Waals surface area contributed by atoms with Gasteiger partial charge in [-0.1, -0.05) is 30.3 Å². The number of rotatable bonds is 1. The highest BCUT2D eigenvalue weighted by atomic mass is 16.5. The molecular weight excluding hydrogens is 350 g/mol. The number of para-hydroxylation sites is 1. The molecule has 5 rings (SSSR count). The van der Waals surface area contributed by atoms with E-state index in [2.05, 4.69) is 11.2 Å². The van der Waals surface area contributed by atoms with Gasteiger partial charge in [-0.05, 0) is 30.7 Å². The average molecular weight is 373 g/mol. The lowest BCUT2D eigenvalue weighted by molar-refractivity contribution is -0.00174. The highest BCUT2D eigenvalue weighted by Gasteiger charge is 2.45. The number of ether oxygens (including phenoxy) is 1. The van der Waals surface area contributed by atoms with Crippen molar-refractivity contribution in [2.45, 2.75) is 25.4 Å². The van der Waals surface area contributed by atoms with E-state index in [1.54, 1.807) is 0 Å². The van der Waals surface area contributed by atoms with Crippen LogP contribution in [0.3, 0.4) is 0 Å². The molecule has 142 valence electrons. The lowest BCUT2D eigenvalue weighted by Gasteiger charge is -2.44. The molecule has 2 aliphatic heterocycles. The van der Waals surface area contributed by atoms with Gasteiger partial charge in [0.15, 0.2) is 0 Å². The van der Waals surface area contributed by atoms with Crippen molar-refractivity contribution in [2.24, 2.45) is 7.05 Å². The van der Waals surface area contributed by atoms with Gasteiger partial charge in [0.05, 0.1) is 11.9 Å². The Balaban J connectivity index is 1.45. The number of fused-ring (bicyclic) bond motifs is 4. The fourth-order valence-electron chi connectivity index (χ4n) is 4.53. The molecule has 1 fully saturated rings. The van der Waals surface area contributed by atoms with E-state index >= 15 is 0 Å². The van der Waals surface area contributed by atoms with Crippen LogP contribution < -0.4 is 4.74 Å². The summed E-state index contributed by atoms with van der Waals surface area (Å²) in [6.07, 6.45) is 3.46. The first-order valence-corrected chi connectivity index (χ1v) is 9.75. The number of hydrogen-bond acceptors (Lipinski definition) is 3.